The van der Waals surface area contributed by atoms with Gasteiger partial charge in [0.05, 0.1) is 28.8 Å². The van der Waals surface area contributed by atoms with E-state index >= 15 is 0 Å². The standard InChI is InChI=1S/C21H19F2N3O2/c1-11(2)28-20(27)18-12(3)24-21-25-16-6-4-5-7-17(16)26(21)19(18)13-8-14(22)10-15(23)9-13/h4-11,19H,1-3H3,(H,24,25). The Morgan fingerprint density at radius 2 is 1.86 bits per heavy atom. The maximum Gasteiger partial charge on any atom is 0.338 e. The maximum absolute atomic E-state index is 14.0. The number of carbonyl (C=O) groups excluding carboxylic acids is 1. The summed E-state index contributed by atoms with van der Waals surface area (Å²) in [6.45, 7) is 5.22. The highest BCUT2D eigenvalue weighted by molar-refractivity contribution is 5.94. The molecule has 1 aliphatic heterocycles. The molecule has 0 amide bonds. The first kappa shape index (κ1) is 18.2. The number of benzene rings is 2. The van der Waals surface area contributed by atoms with Crippen LogP contribution in [0.3, 0.4) is 0 Å². The summed E-state index contributed by atoms with van der Waals surface area (Å²) < 4.78 is 35.2. The molecule has 5 nitrogen and oxygen atoms in total. The second kappa shape index (κ2) is 6.74. The third-order valence-electron chi connectivity index (χ3n) is 4.59. The number of hydrogen-bond donors (Lipinski definition) is 1. The summed E-state index contributed by atoms with van der Waals surface area (Å²) in [5, 5.41) is 3.13. The summed E-state index contributed by atoms with van der Waals surface area (Å²) >= 11 is 0. The number of imidazole rings is 1. The Balaban J connectivity index is 1.99. The number of esters is 1. The van der Waals surface area contributed by atoms with E-state index in [4.69, 9.17) is 4.74 Å². The van der Waals surface area contributed by atoms with E-state index in [9.17, 15) is 13.6 Å². The van der Waals surface area contributed by atoms with E-state index in [0.29, 0.717) is 22.7 Å². The van der Waals surface area contributed by atoms with Crippen LogP contribution in [0.4, 0.5) is 14.7 Å². The Hall–Kier alpha value is -3.22. The number of para-hydroxylation sites is 2. The van der Waals surface area contributed by atoms with Gasteiger partial charge in [-0.25, -0.2) is 18.6 Å². The Morgan fingerprint density at radius 3 is 2.54 bits per heavy atom. The van der Waals surface area contributed by atoms with Crippen molar-refractivity contribution < 1.29 is 18.3 Å². The van der Waals surface area contributed by atoms with Crippen LogP contribution in [0.25, 0.3) is 11.0 Å². The number of aromatic nitrogens is 2. The lowest BCUT2D eigenvalue weighted by Crippen LogP contribution is -2.30. The van der Waals surface area contributed by atoms with Crippen molar-refractivity contribution in [2.45, 2.75) is 32.9 Å². The molecule has 0 fully saturated rings. The van der Waals surface area contributed by atoms with Gasteiger partial charge in [-0.05, 0) is 50.6 Å². The van der Waals surface area contributed by atoms with Gasteiger partial charge in [0.1, 0.15) is 11.6 Å². The molecule has 1 aromatic heterocycles. The molecule has 1 unspecified atom stereocenters. The predicted molar refractivity (Wildman–Crippen MR) is 102 cm³/mol. The van der Waals surface area contributed by atoms with Crippen LogP contribution in [-0.4, -0.2) is 21.6 Å². The van der Waals surface area contributed by atoms with Gasteiger partial charge in [-0.3, -0.25) is 4.57 Å². The largest absolute Gasteiger partial charge is 0.459 e. The van der Waals surface area contributed by atoms with E-state index in [1.54, 1.807) is 25.3 Å². The zero-order valence-electron chi connectivity index (χ0n) is 15.7. The third kappa shape index (κ3) is 3.02. The van der Waals surface area contributed by atoms with Crippen LogP contribution >= 0.6 is 0 Å². The Kier molecular flexibility index (Phi) is 4.37. The fourth-order valence-electron chi connectivity index (χ4n) is 3.55. The lowest BCUT2D eigenvalue weighted by molar-refractivity contribution is -0.143. The van der Waals surface area contributed by atoms with Gasteiger partial charge in [-0.2, -0.15) is 0 Å². The van der Waals surface area contributed by atoms with Gasteiger partial charge < -0.3 is 10.1 Å². The van der Waals surface area contributed by atoms with E-state index in [2.05, 4.69) is 10.3 Å². The molecule has 0 spiro atoms. The number of rotatable bonds is 3. The van der Waals surface area contributed by atoms with Crippen molar-refractivity contribution in [3.63, 3.8) is 0 Å². The molecule has 3 aromatic rings. The molecule has 0 radical (unpaired) electrons. The number of nitrogens with one attached hydrogen (secondary N) is 1. The average molecular weight is 383 g/mol. The molecule has 1 aliphatic rings. The Morgan fingerprint density at radius 1 is 1.18 bits per heavy atom. The molecule has 2 heterocycles. The summed E-state index contributed by atoms with van der Waals surface area (Å²) in [7, 11) is 0. The van der Waals surface area contributed by atoms with Crippen LogP contribution in [0.5, 0.6) is 0 Å². The van der Waals surface area contributed by atoms with Crippen LogP contribution in [0.15, 0.2) is 53.7 Å². The van der Waals surface area contributed by atoms with Crippen molar-refractivity contribution in [1.29, 1.82) is 0 Å². The smallest absolute Gasteiger partial charge is 0.338 e. The zero-order chi connectivity index (χ0) is 20.0. The number of carbonyl (C=O) groups is 1. The number of fused-ring (bicyclic) bond motifs is 3. The molecular weight excluding hydrogens is 364 g/mol. The van der Waals surface area contributed by atoms with Crippen molar-refractivity contribution in [3.05, 3.63) is 70.9 Å². The van der Waals surface area contributed by atoms with Crippen molar-refractivity contribution in [2.75, 3.05) is 5.32 Å². The van der Waals surface area contributed by atoms with Crippen molar-refractivity contribution >= 4 is 23.0 Å². The number of hydrogen-bond acceptors (Lipinski definition) is 4. The van der Waals surface area contributed by atoms with Crippen LogP contribution in [0.1, 0.15) is 32.4 Å². The predicted octanol–water partition coefficient (Wildman–Crippen LogP) is 4.56. The summed E-state index contributed by atoms with van der Waals surface area (Å²) in [5.74, 6) is -1.48. The second-order valence-electron chi connectivity index (χ2n) is 7.02. The van der Waals surface area contributed by atoms with E-state index in [1.807, 2.05) is 24.3 Å². The van der Waals surface area contributed by atoms with Gasteiger partial charge in [0, 0.05) is 11.8 Å². The number of anilines is 1. The molecular formula is C21H19F2N3O2. The normalized spacial score (nSPS) is 16.3. The quantitative estimate of drug-likeness (QED) is 0.674. The number of ether oxygens (including phenoxy) is 1. The summed E-state index contributed by atoms with van der Waals surface area (Å²) in [5.41, 5.74) is 2.57. The molecule has 1 N–H and O–H groups in total. The SMILES string of the molecule is CC1=C(C(=O)OC(C)C)C(c2cc(F)cc(F)c2)n2c(nc3ccccc32)N1. The highest BCUT2D eigenvalue weighted by Gasteiger charge is 2.35. The topological polar surface area (TPSA) is 56.2 Å². The highest BCUT2D eigenvalue weighted by atomic mass is 19.1. The van der Waals surface area contributed by atoms with Crippen molar-refractivity contribution in [2.24, 2.45) is 0 Å². The van der Waals surface area contributed by atoms with E-state index in [0.717, 1.165) is 11.6 Å². The van der Waals surface area contributed by atoms with Crippen LogP contribution in [-0.2, 0) is 9.53 Å². The van der Waals surface area contributed by atoms with Gasteiger partial charge in [0.25, 0.3) is 0 Å². The fourth-order valence-corrected chi connectivity index (χ4v) is 3.55. The van der Waals surface area contributed by atoms with Gasteiger partial charge in [0.15, 0.2) is 0 Å². The molecule has 0 saturated carbocycles. The number of allylic oxidation sites excluding steroid dienone is 1. The van der Waals surface area contributed by atoms with Gasteiger partial charge in [-0.1, -0.05) is 12.1 Å². The number of nitrogens with zero attached hydrogens (tertiary/aromatic N) is 2. The molecule has 0 bridgehead atoms. The summed E-state index contributed by atoms with van der Waals surface area (Å²) in [4.78, 5) is 17.5. The first-order chi connectivity index (χ1) is 13.3. The maximum atomic E-state index is 14.0. The zero-order valence-corrected chi connectivity index (χ0v) is 15.7. The minimum atomic E-state index is -0.778. The minimum Gasteiger partial charge on any atom is -0.459 e. The Bertz CT molecular complexity index is 1100. The lowest BCUT2D eigenvalue weighted by atomic mass is 9.94. The summed E-state index contributed by atoms with van der Waals surface area (Å²) in [6, 6.07) is 9.88. The minimum absolute atomic E-state index is 0.286. The first-order valence-corrected chi connectivity index (χ1v) is 8.97. The number of halogens is 2. The molecule has 7 heteroatoms. The van der Waals surface area contributed by atoms with Crippen LogP contribution in [0, 0.1) is 11.6 Å². The van der Waals surface area contributed by atoms with Gasteiger partial charge >= 0.3 is 5.97 Å². The van der Waals surface area contributed by atoms with E-state index < -0.39 is 23.6 Å². The molecule has 144 valence electrons. The fraction of sp³-hybridized carbons (Fsp3) is 0.238. The van der Waals surface area contributed by atoms with E-state index in [-0.39, 0.29) is 11.7 Å². The van der Waals surface area contributed by atoms with Gasteiger partial charge in [0.2, 0.25) is 5.95 Å². The second-order valence-corrected chi connectivity index (χ2v) is 7.02. The third-order valence-corrected chi connectivity index (χ3v) is 4.59. The van der Waals surface area contributed by atoms with Gasteiger partial charge in [-0.15, -0.1) is 0 Å². The highest BCUT2D eigenvalue weighted by Crippen LogP contribution is 2.40. The lowest BCUT2D eigenvalue weighted by Gasteiger charge is -2.30. The molecule has 0 saturated heterocycles. The molecule has 1 atom stereocenters. The van der Waals surface area contributed by atoms with Crippen molar-refractivity contribution in [1.82, 2.24) is 9.55 Å². The molecule has 28 heavy (non-hydrogen) atoms. The van der Waals surface area contributed by atoms with Crippen molar-refractivity contribution in [3.8, 4) is 0 Å². The first-order valence-electron chi connectivity index (χ1n) is 8.97. The molecule has 4 rings (SSSR count). The average Bonchev–Trinajstić information content (AvgIpc) is 2.96. The monoisotopic (exact) mass is 383 g/mol. The van der Waals surface area contributed by atoms with Crippen LogP contribution in [0.2, 0.25) is 0 Å². The summed E-state index contributed by atoms with van der Waals surface area (Å²) in [6.07, 6.45) is -0.335. The van der Waals surface area contributed by atoms with E-state index in [1.165, 1.54) is 12.1 Å². The molecule has 0 aliphatic carbocycles. The van der Waals surface area contributed by atoms with Crippen LogP contribution < -0.4 is 5.32 Å². The molecule has 2 aromatic carbocycles. The Labute approximate surface area is 160 Å².